The lowest BCUT2D eigenvalue weighted by Crippen LogP contribution is -2.24. The first-order chi connectivity index (χ1) is 14.5. The SMILES string of the molecule is O=C(NCc1cc(-c2ccccn2)n(C2CCCC2)n1)c1cc(Cl)ccc1[N+](=O)[O-]. The average molecular weight is 426 g/mol. The number of benzene rings is 1. The molecule has 0 spiro atoms. The Balaban J connectivity index is 1.58. The lowest BCUT2D eigenvalue weighted by Gasteiger charge is -2.13. The summed E-state index contributed by atoms with van der Waals surface area (Å²) in [7, 11) is 0. The molecule has 30 heavy (non-hydrogen) atoms. The predicted octanol–water partition coefficient (Wildman–Crippen LogP) is 4.55. The van der Waals surface area contributed by atoms with E-state index in [1.54, 1.807) is 6.20 Å². The van der Waals surface area contributed by atoms with E-state index in [9.17, 15) is 14.9 Å². The predicted molar refractivity (Wildman–Crippen MR) is 112 cm³/mol. The van der Waals surface area contributed by atoms with Crippen molar-refractivity contribution in [1.82, 2.24) is 20.1 Å². The molecule has 0 unspecified atom stereocenters. The Morgan fingerprint density at radius 3 is 2.73 bits per heavy atom. The number of rotatable bonds is 6. The second-order valence-electron chi connectivity index (χ2n) is 7.22. The van der Waals surface area contributed by atoms with E-state index in [1.807, 2.05) is 28.9 Å². The van der Waals surface area contributed by atoms with Crippen molar-refractivity contribution < 1.29 is 9.72 Å². The summed E-state index contributed by atoms with van der Waals surface area (Å²) in [5.41, 5.74) is 2.02. The van der Waals surface area contributed by atoms with Crippen LogP contribution in [-0.2, 0) is 6.54 Å². The van der Waals surface area contributed by atoms with Gasteiger partial charge in [0.1, 0.15) is 5.56 Å². The van der Waals surface area contributed by atoms with E-state index < -0.39 is 10.8 Å². The van der Waals surface area contributed by atoms with Gasteiger partial charge in [-0.2, -0.15) is 5.10 Å². The normalized spacial score (nSPS) is 14.0. The molecule has 1 fully saturated rings. The molecule has 9 heteroatoms. The Morgan fingerprint density at radius 1 is 1.23 bits per heavy atom. The maximum absolute atomic E-state index is 12.6. The number of carbonyl (C=O) groups is 1. The molecule has 1 saturated carbocycles. The van der Waals surface area contributed by atoms with Gasteiger partial charge in [-0.15, -0.1) is 0 Å². The Labute approximate surface area is 178 Å². The standard InChI is InChI=1S/C21H20ClN5O3/c22-14-8-9-19(27(29)30)17(11-14)21(28)24-13-15-12-20(18-7-3-4-10-23-18)26(25-15)16-5-1-2-6-16/h3-4,7-12,16H,1-2,5-6,13H2,(H,24,28). The van der Waals surface area contributed by atoms with Gasteiger partial charge in [-0.3, -0.25) is 24.6 Å². The van der Waals surface area contributed by atoms with Crippen molar-refractivity contribution in [3.63, 3.8) is 0 Å². The van der Waals surface area contributed by atoms with E-state index in [1.165, 1.54) is 18.2 Å². The van der Waals surface area contributed by atoms with Crippen molar-refractivity contribution in [2.24, 2.45) is 0 Å². The molecule has 0 bridgehead atoms. The second-order valence-corrected chi connectivity index (χ2v) is 7.66. The smallest absolute Gasteiger partial charge is 0.282 e. The highest BCUT2D eigenvalue weighted by Crippen LogP contribution is 2.33. The van der Waals surface area contributed by atoms with Crippen LogP contribution in [0.25, 0.3) is 11.4 Å². The number of pyridine rings is 1. The summed E-state index contributed by atoms with van der Waals surface area (Å²) >= 11 is 5.92. The first-order valence-electron chi connectivity index (χ1n) is 9.75. The van der Waals surface area contributed by atoms with Gasteiger partial charge in [0.15, 0.2) is 0 Å². The number of nitrogens with one attached hydrogen (secondary N) is 1. The van der Waals surface area contributed by atoms with Crippen LogP contribution in [0.4, 0.5) is 5.69 Å². The van der Waals surface area contributed by atoms with Gasteiger partial charge in [0.2, 0.25) is 0 Å². The Morgan fingerprint density at radius 2 is 2.03 bits per heavy atom. The van der Waals surface area contributed by atoms with Gasteiger partial charge in [0.25, 0.3) is 11.6 Å². The molecule has 0 atom stereocenters. The summed E-state index contributed by atoms with van der Waals surface area (Å²) in [6.45, 7) is 0.141. The number of nitro benzene ring substituents is 1. The zero-order valence-electron chi connectivity index (χ0n) is 16.1. The number of aromatic nitrogens is 3. The van der Waals surface area contributed by atoms with Gasteiger partial charge in [0, 0.05) is 17.3 Å². The fourth-order valence-electron chi connectivity index (χ4n) is 3.78. The number of amides is 1. The summed E-state index contributed by atoms with van der Waals surface area (Å²) in [4.78, 5) is 27.7. The summed E-state index contributed by atoms with van der Waals surface area (Å²) in [6.07, 6.45) is 6.18. The molecule has 3 aromatic rings. The third-order valence-corrected chi connectivity index (χ3v) is 5.45. The van der Waals surface area contributed by atoms with Crippen LogP contribution in [0, 0.1) is 10.1 Å². The number of hydrogen-bond donors (Lipinski definition) is 1. The first-order valence-corrected chi connectivity index (χ1v) is 10.1. The second kappa shape index (κ2) is 8.62. The first kappa shape index (κ1) is 20.0. The van der Waals surface area contributed by atoms with Crippen LogP contribution < -0.4 is 5.32 Å². The van der Waals surface area contributed by atoms with Crippen LogP contribution in [0.2, 0.25) is 5.02 Å². The minimum atomic E-state index is -0.598. The van der Waals surface area contributed by atoms with E-state index in [4.69, 9.17) is 16.7 Å². The minimum Gasteiger partial charge on any atom is -0.346 e. The summed E-state index contributed by atoms with van der Waals surface area (Å²) < 4.78 is 2.00. The lowest BCUT2D eigenvalue weighted by molar-refractivity contribution is -0.385. The fourth-order valence-corrected chi connectivity index (χ4v) is 3.95. The molecule has 2 heterocycles. The molecule has 1 N–H and O–H groups in total. The molecular formula is C21H20ClN5O3. The quantitative estimate of drug-likeness (QED) is 0.461. The highest BCUT2D eigenvalue weighted by atomic mass is 35.5. The van der Waals surface area contributed by atoms with Gasteiger partial charge >= 0.3 is 0 Å². The van der Waals surface area contributed by atoms with Gasteiger partial charge in [-0.1, -0.05) is 30.5 Å². The molecule has 8 nitrogen and oxygen atoms in total. The van der Waals surface area contributed by atoms with Crippen LogP contribution in [0.5, 0.6) is 0 Å². The molecule has 1 amide bonds. The van der Waals surface area contributed by atoms with Crippen LogP contribution in [0.15, 0.2) is 48.7 Å². The Kier molecular flexibility index (Phi) is 5.76. The number of nitrogens with zero attached hydrogens (tertiary/aromatic N) is 4. The summed E-state index contributed by atoms with van der Waals surface area (Å²) in [6, 6.07) is 11.8. The van der Waals surface area contributed by atoms with Crippen molar-refractivity contribution in [3.05, 3.63) is 75.1 Å². The lowest BCUT2D eigenvalue weighted by atomic mass is 10.1. The van der Waals surface area contributed by atoms with Crippen molar-refractivity contribution in [2.75, 3.05) is 0 Å². The topological polar surface area (TPSA) is 103 Å². The van der Waals surface area contributed by atoms with Crippen LogP contribution in [-0.4, -0.2) is 25.6 Å². The number of halogens is 1. The third-order valence-electron chi connectivity index (χ3n) is 5.21. The average Bonchev–Trinajstić information content (AvgIpc) is 3.42. The third kappa shape index (κ3) is 4.18. The van der Waals surface area contributed by atoms with Gasteiger partial charge in [-0.25, -0.2) is 0 Å². The van der Waals surface area contributed by atoms with Crippen molar-refractivity contribution in [3.8, 4) is 11.4 Å². The zero-order valence-corrected chi connectivity index (χ0v) is 16.9. The van der Waals surface area contributed by atoms with Gasteiger partial charge < -0.3 is 5.32 Å². The molecule has 2 aromatic heterocycles. The summed E-state index contributed by atoms with van der Waals surface area (Å²) in [5.74, 6) is -0.570. The van der Waals surface area contributed by atoms with Gasteiger partial charge in [0.05, 0.1) is 34.6 Å². The van der Waals surface area contributed by atoms with E-state index in [0.29, 0.717) is 11.7 Å². The number of carbonyl (C=O) groups excluding carboxylic acids is 1. The zero-order chi connectivity index (χ0) is 21.1. The number of hydrogen-bond acceptors (Lipinski definition) is 5. The van der Waals surface area contributed by atoms with Crippen LogP contribution >= 0.6 is 11.6 Å². The van der Waals surface area contributed by atoms with E-state index >= 15 is 0 Å². The van der Waals surface area contributed by atoms with E-state index in [0.717, 1.165) is 37.1 Å². The molecule has 154 valence electrons. The molecule has 0 radical (unpaired) electrons. The van der Waals surface area contributed by atoms with E-state index in [-0.39, 0.29) is 22.8 Å². The fraction of sp³-hybridized carbons (Fsp3) is 0.286. The van der Waals surface area contributed by atoms with E-state index in [2.05, 4.69) is 10.3 Å². The molecule has 0 saturated heterocycles. The maximum Gasteiger partial charge on any atom is 0.282 e. The molecule has 1 aliphatic carbocycles. The minimum absolute atomic E-state index is 0.0762. The Hall–Kier alpha value is -3.26. The molecule has 1 aromatic carbocycles. The van der Waals surface area contributed by atoms with Gasteiger partial charge in [-0.05, 0) is 43.2 Å². The maximum atomic E-state index is 12.6. The molecule has 4 rings (SSSR count). The highest BCUT2D eigenvalue weighted by molar-refractivity contribution is 6.31. The summed E-state index contributed by atoms with van der Waals surface area (Å²) in [5, 5.41) is 18.9. The Bertz CT molecular complexity index is 1080. The number of nitro groups is 1. The molecular weight excluding hydrogens is 406 g/mol. The highest BCUT2D eigenvalue weighted by Gasteiger charge is 2.24. The molecule has 0 aliphatic heterocycles. The van der Waals surface area contributed by atoms with Crippen molar-refractivity contribution in [2.45, 2.75) is 38.3 Å². The van der Waals surface area contributed by atoms with Crippen LogP contribution in [0.1, 0.15) is 47.8 Å². The van der Waals surface area contributed by atoms with Crippen molar-refractivity contribution >= 4 is 23.2 Å². The van der Waals surface area contributed by atoms with Crippen LogP contribution in [0.3, 0.4) is 0 Å². The monoisotopic (exact) mass is 425 g/mol. The molecule has 1 aliphatic rings. The van der Waals surface area contributed by atoms with Crippen molar-refractivity contribution in [1.29, 1.82) is 0 Å². The largest absolute Gasteiger partial charge is 0.346 e.